The van der Waals surface area contributed by atoms with Gasteiger partial charge < -0.3 is 5.32 Å². The molecule has 0 radical (unpaired) electrons. The van der Waals surface area contributed by atoms with E-state index in [1.165, 1.54) is 6.07 Å². The van der Waals surface area contributed by atoms with Crippen LogP contribution < -0.4 is 10.2 Å². The van der Waals surface area contributed by atoms with Crippen LogP contribution in [0.5, 0.6) is 0 Å². The second-order valence-corrected chi connectivity index (χ2v) is 8.44. The Morgan fingerprint density at radius 2 is 1.61 bits per heavy atom. The maximum absolute atomic E-state index is 13.5. The summed E-state index contributed by atoms with van der Waals surface area (Å²) in [5.74, 6) is -0.767. The average molecular weight is 392 g/mol. The van der Waals surface area contributed by atoms with Gasteiger partial charge in [-0.2, -0.15) is 13.2 Å². The van der Waals surface area contributed by atoms with E-state index in [1.54, 1.807) is 0 Å². The van der Waals surface area contributed by atoms with E-state index in [4.69, 9.17) is 0 Å². The van der Waals surface area contributed by atoms with Crippen LogP contribution in [0.25, 0.3) is 0 Å². The summed E-state index contributed by atoms with van der Waals surface area (Å²) in [7, 11) is 0. The normalized spacial score (nSPS) is 35.6. The number of carbonyl (C=O) groups excluding carboxylic acids is 3. The molecule has 3 amide bonds. The van der Waals surface area contributed by atoms with Crippen molar-refractivity contribution in [2.75, 3.05) is 10.2 Å². The van der Waals surface area contributed by atoms with Crippen LogP contribution in [0.3, 0.4) is 0 Å². The Kier molecular flexibility index (Phi) is 3.53. The van der Waals surface area contributed by atoms with Crippen molar-refractivity contribution in [3.63, 3.8) is 0 Å². The van der Waals surface area contributed by atoms with Gasteiger partial charge in [0.25, 0.3) is 0 Å². The highest BCUT2D eigenvalue weighted by Crippen LogP contribution is 2.68. The lowest BCUT2D eigenvalue weighted by molar-refractivity contribution is -0.137. The van der Waals surface area contributed by atoms with Crippen molar-refractivity contribution in [3.05, 3.63) is 23.8 Å². The SMILES string of the molecule is CC(=O)Nc1ccc(N2C(=O)[C@@H]3[C@@H]4CC[C@@H]([C@H]5C[C@H]54)[C@@H]3C2=O)cc1C(F)(F)F. The third kappa shape index (κ3) is 2.36. The summed E-state index contributed by atoms with van der Waals surface area (Å²) in [4.78, 5) is 38.3. The van der Waals surface area contributed by atoms with Gasteiger partial charge in [-0.05, 0) is 61.1 Å². The lowest BCUT2D eigenvalue weighted by Crippen LogP contribution is -2.43. The minimum absolute atomic E-state index is 0.0705. The first-order chi connectivity index (χ1) is 13.2. The van der Waals surface area contributed by atoms with Gasteiger partial charge in [0.2, 0.25) is 17.7 Å². The lowest BCUT2D eigenvalue weighted by atomic mass is 9.59. The zero-order chi connectivity index (χ0) is 20.0. The number of hydrogen-bond donors (Lipinski definition) is 1. The fourth-order valence-corrected chi connectivity index (χ4v) is 6.00. The van der Waals surface area contributed by atoms with Gasteiger partial charge in [-0.3, -0.25) is 19.3 Å². The number of nitrogens with zero attached hydrogens (tertiary/aromatic N) is 1. The highest BCUT2D eigenvalue weighted by atomic mass is 19.4. The number of rotatable bonds is 2. The van der Waals surface area contributed by atoms with Crippen LogP contribution in [-0.4, -0.2) is 17.7 Å². The first kappa shape index (κ1) is 17.7. The summed E-state index contributed by atoms with van der Waals surface area (Å²) < 4.78 is 40.5. The van der Waals surface area contributed by atoms with Crippen LogP contribution in [0.1, 0.15) is 31.7 Å². The Labute approximate surface area is 159 Å². The number of alkyl halides is 3. The summed E-state index contributed by atoms with van der Waals surface area (Å²) in [5.41, 5.74) is -1.53. The van der Waals surface area contributed by atoms with Crippen molar-refractivity contribution in [2.24, 2.45) is 35.5 Å². The molecule has 1 heterocycles. The molecule has 1 aromatic rings. The fraction of sp³-hybridized carbons (Fsp3) is 0.550. The third-order valence-corrected chi connectivity index (χ3v) is 7.02. The molecule has 1 saturated heterocycles. The number of nitrogens with one attached hydrogen (secondary N) is 1. The zero-order valence-electron chi connectivity index (χ0n) is 15.1. The molecule has 1 aromatic carbocycles. The van der Waals surface area contributed by atoms with E-state index in [-0.39, 0.29) is 46.9 Å². The third-order valence-electron chi connectivity index (χ3n) is 7.02. The number of hydrogen-bond acceptors (Lipinski definition) is 3. The van der Waals surface area contributed by atoms with Gasteiger partial charge in [-0.25, -0.2) is 0 Å². The van der Waals surface area contributed by atoms with Gasteiger partial charge in [-0.1, -0.05) is 0 Å². The van der Waals surface area contributed by atoms with Crippen molar-refractivity contribution < 1.29 is 27.6 Å². The first-order valence-corrected chi connectivity index (χ1v) is 9.55. The highest BCUT2D eigenvalue weighted by molar-refractivity contribution is 6.22. The Bertz CT molecular complexity index is 878. The number of halogens is 3. The van der Waals surface area contributed by atoms with Crippen LogP contribution >= 0.6 is 0 Å². The number of carbonyl (C=O) groups is 3. The van der Waals surface area contributed by atoms with Gasteiger partial charge in [0.05, 0.1) is 28.8 Å². The summed E-state index contributed by atoms with van der Waals surface area (Å²) in [6, 6.07) is 3.20. The second kappa shape index (κ2) is 5.58. The van der Waals surface area contributed by atoms with E-state index in [0.717, 1.165) is 43.2 Å². The smallest absolute Gasteiger partial charge is 0.326 e. The maximum Gasteiger partial charge on any atom is 0.418 e. The predicted molar refractivity (Wildman–Crippen MR) is 93.0 cm³/mol. The molecule has 0 spiro atoms. The molecule has 0 unspecified atom stereocenters. The van der Waals surface area contributed by atoms with E-state index >= 15 is 0 Å². The van der Waals surface area contributed by atoms with Crippen molar-refractivity contribution in [3.8, 4) is 0 Å². The van der Waals surface area contributed by atoms with Gasteiger partial charge in [0.15, 0.2) is 0 Å². The van der Waals surface area contributed by atoms with Gasteiger partial charge in [0, 0.05) is 6.92 Å². The number of amides is 3. The van der Waals surface area contributed by atoms with E-state index < -0.39 is 17.6 Å². The Morgan fingerprint density at radius 1 is 1.04 bits per heavy atom. The molecule has 6 atom stereocenters. The van der Waals surface area contributed by atoms with Gasteiger partial charge >= 0.3 is 6.18 Å². The minimum Gasteiger partial charge on any atom is -0.326 e. The van der Waals surface area contributed by atoms with E-state index in [2.05, 4.69) is 5.32 Å². The molecule has 28 heavy (non-hydrogen) atoms. The zero-order valence-corrected chi connectivity index (χ0v) is 15.1. The summed E-state index contributed by atoms with van der Waals surface area (Å²) in [5, 5.41) is 2.16. The Morgan fingerprint density at radius 3 is 2.11 bits per heavy atom. The molecule has 5 nitrogen and oxygen atoms in total. The molecule has 1 N–H and O–H groups in total. The van der Waals surface area contributed by atoms with Crippen LogP contribution in [0.2, 0.25) is 0 Å². The Hall–Kier alpha value is -2.38. The first-order valence-electron chi connectivity index (χ1n) is 9.55. The Balaban J connectivity index is 1.54. The number of fused-ring (bicyclic) bond motifs is 1. The topological polar surface area (TPSA) is 66.5 Å². The van der Waals surface area contributed by atoms with E-state index in [0.29, 0.717) is 11.8 Å². The van der Waals surface area contributed by atoms with Crippen molar-refractivity contribution in [2.45, 2.75) is 32.4 Å². The largest absolute Gasteiger partial charge is 0.418 e. The molecule has 148 valence electrons. The standard InChI is InChI=1S/C20H19F3N2O3/c1-8(26)24-15-5-2-9(6-14(15)20(21,22)23)25-18(27)16-10-3-4-11(13-7-12(10)13)17(16)19(25)28/h2,5-6,10-13,16-17H,3-4,7H2,1H3,(H,24,26)/t10-,11+,12+,13-,16-,17+. The predicted octanol–water partition coefficient (Wildman–Crippen LogP) is 3.45. The molecular weight excluding hydrogens is 373 g/mol. The molecule has 8 heteroatoms. The fourth-order valence-electron chi connectivity index (χ4n) is 6.00. The molecular formula is C20H19F3N2O3. The van der Waals surface area contributed by atoms with Crippen LogP contribution in [-0.2, 0) is 20.6 Å². The van der Waals surface area contributed by atoms with Gasteiger partial charge in [0.1, 0.15) is 0 Å². The number of anilines is 2. The maximum atomic E-state index is 13.5. The molecule has 6 rings (SSSR count). The van der Waals surface area contributed by atoms with E-state index in [9.17, 15) is 27.6 Å². The molecule has 4 saturated carbocycles. The molecule has 5 fully saturated rings. The number of benzene rings is 1. The average Bonchev–Trinajstić information content (AvgIpc) is 3.39. The molecule has 1 aliphatic heterocycles. The van der Waals surface area contributed by atoms with Crippen molar-refractivity contribution >= 4 is 29.1 Å². The van der Waals surface area contributed by atoms with Crippen LogP contribution in [0, 0.1) is 35.5 Å². The summed E-state index contributed by atoms with van der Waals surface area (Å²) in [6.07, 6.45) is -1.80. The molecule has 2 bridgehead atoms. The molecule has 0 aromatic heterocycles. The van der Waals surface area contributed by atoms with Crippen molar-refractivity contribution in [1.82, 2.24) is 0 Å². The quantitative estimate of drug-likeness (QED) is 0.784. The summed E-state index contributed by atoms with van der Waals surface area (Å²) >= 11 is 0. The van der Waals surface area contributed by atoms with Crippen LogP contribution in [0.4, 0.5) is 24.5 Å². The number of imide groups is 1. The monoisotopic (exact) mass is 392 g/mol. The lowest BCUT2D eigenvalue weighted by Gasteiger charge is -2.42. The van der Waals surface area contributed by atoms with Gasteiger partial charge in [-0.15, -0.1) is 0 Å². The minimum atomic E-state index is -4.73. The summed E-state index contributed by atoms with van der Waals surface area (Å²) in [6.45, 7) is 1.12. The van der Waals surface area contributed by atoms with Crippen molar-refractivity contribution in [1.29, 1.82) is 0 Å². The molecule has 4 aliphatic carbocycles. The molecule has 5 aliphatic rings. The second-order valence-electron chi connectivity index (χ2n) is 8.44. The van der Waals surface area contributed by atoms with E-state index in [1.807, 2.05) is 0 Å². The highest BCUT2D eigenvalue weighted by Gasteiger charge is 2.68. The van der Waals surface area contributed by atoms with Crippen LogP contribution in [0.15, 0.2) is 18.2 Å².